The zero-order valence-electron chi connectivity index (χ0n) is 8.11. The Hall–Kier alpha value is -2.12. The van der Waals surface area contributed by atoms with E-state index in [2.05, 4.69) is 4.98 Å². The average molecular weight is 231 g/mol. The first kappa shape index (κ1) is 12.0. The van der Waals surface area contributed by atoms with Crippen molar-refractivity contribution >= 4 is 11.6 Å². The number of pyridine rings is 1. The highest BCUT2D eigenvalue weighted by Crippen LogP contribution is 2.27. The zero-order valence-corrected chi connectivity index (χ0v) is 8.11. The van der Waals surface area contributed by atoms with E-state index in [1.807, 2.05) is 0 Å². The quantitative estimate of drug-likeness (QED) is 0.626. The van der Waals surface area contributed by atoms with E-state index >= 15 is 0 Å². The van der Waals surface area contributed by atoms with Gasteiger partial charge in [-0.15, -0.1) is 0 Å². The standard InChI is InChI=1S/C8H7F2N3O3/c1-3-4(7(9)10)2-5(13(15)16)6(12-3)8(11)14/h2,7H,1H3,(H2,11,14). The van der Waals surface area contributed by atoms with Gasteiger partial charge in [-0.25, -0.2) is 13.8 Å². The molecule has 16 heavy (non-hydrogen) atoms. The van der Waals surface area contributed by atoms with Gasteiger partial charge in [0.15, 0.2) is 0 Å². The van der Waals surface area contributed by atoms with Gasteiger partial charge in [0.2, 0.25) is 5.69 Å². The number of amides is 1. The van der Waals surface area contributed by atoms with Crippen molar-refractivity contribution in [3.8, 4) is 0 Å². The fourth-order valence-corrected chi connectivity index (χ4v) is 1.15. The first-order chi connectivity index (χ1) is 7.34. The maximum absolute atomic E-state index is 12.4. The second-order valence-electron chi connectivity index (χ2n) is 2.95. The third kappa shape index (κ3) is 2.10. The van der Waals surface area contributed by atoms with Crippen molar-refractivity contribution in [2.24, 2.45) is 5.73 Å². The topological polar surface area (TPSA) is 99.1 Å². The van der Waals surface area contributed by atoms with Gasteiger partial charge in [0.05, 0.1) is 4.92 Å². The molecule has 0 aliphatic carbocycles. The third-order valence-corrected chi connectivity index (χ3v) is 1.90. The number of halogens is 2. The number of nitro groups is 1. The van der Waals surface area contributed by atoms with Crippen LogP contribution in [-0.2, 0) is 0 Å². The lowest BCUT2D eigenvalue weighted by molar-refractivity contribution is -0.385. The summed E-state index contributed by atoms with van der Waals surface area (Å²) in [7, 11) is 0. The minimum absolute atomic E-state index is 0.158. The van der Waals surface area contributed by atoms with E-state index in [4.69, 9.17) is 5.73 Å². The number of carbonyl (C=O) groups excluding carboxylic acids is 1. The number of primary amides is 1. The van der Waals surface area contributed by atoms with Crippen LogP contribution in [0.4, 0.5) is 14.5 Å². The summed E-state index contributed by atoms with van der Waals surface area (Å²) in [5.74, 6) is -1.13. The largest absolute Gasteiger partial charge is 0.364 e. The summed E-state index contributed by atoms with van der Waals surface area (Å²) in [6, 6.07) is 0.618. The number of carbonyl (C=O) groups is 1. The number of hydrogen-bond acceptors (Lipinski definition) is 4. The second kappa shape index (κ2) is 4.17. The molecule has 0 atom stereocenters. The normalized spacial score (nSPS) is 10.5. The number of hydrogen-bond donors (Lipinski definition) is 1. The van der Waals surface area contributed by atoms with E-state index in [0.717, 1.165) is 0 Å². The van der Waals surface area contributed by atoms with Gasteiger partial charge in [-0.05, 0) is 6.92 Å². The molecule has 0 aliphatic heterocycles. The maximum Gasteiger partial charge on any atom is 0.301 e. The fourth-order valence-electron chi connectivity index (χ4n) is 1.15. The Morgan fingerprint density at radius 1 is 1.62 bits per heavy atom. The van der Waals surface area contributed by atoms with Crippen LogP contribution in [0.2, 0.25) is 0 Å². The summed E-state index contributed by atoms with van der Waals surface area (Å²) in [6.45, 7) is 1.22. The van der Waals surface area contributed by atoms with Gasteiger partial charge in [-0.2, -0.15) is 0 Å². The number of alkyl halides is 2. The van der Waals surface area contributed by atoms with Gasteiger partial charge in [-0.3, -0.25) is 14.9 Å². The van der Waals surface area contributed by atoms with Crippen molar-refractivity contribution in [3.05, 3.63) is 33.1 Å². The van der Waals surface area contributed by atoms with E-state index < -0.39 is 34.2 Å². The minimum Gasteiger partial charge on any atom is -0.364 e. The molecule has 1 aromatic heterocycles. The molecule has 86 valence electrons. The molecule has 0 aromatic carbocycles. The van der Waals surface area contributed by atoms with Crippen LogP contribution < -0.4 is 5.73 Å². The van der Waals surface area contributed by atoms with Crippen LogP contribution in [0, 0.1) is 17.0 Å². The monoisotopic (exact) mass is 231 g/mol. The van der Waals surface area contributed by atoms with Gasteiger partial charge in [-0.1, -0.05) is 0 Å². The van der Waals surface area contributed by atoms with E-state index in [9.17, 15) is 23.7 Å². The molecule has 1 aromatic rings. The van der Waals surface area contributed by atoms with E-state index in [1.54, 1.807) is 0 Å². The summed E-state index contributed by atoms with van der Waals surface area (Å²) < 4.78 is 24.9. The number of rotatable bonds is 3. The number of nitrogens with two attached hydrogens (primary N) is 1. The molecule has 0 unspecified atom stereocenters. The van der Waals surface area contributed by atoms with E-state index in [0.29, 0.717) is 6.07 Å². The molecule has 0 radical (unpaired) electrons. The summed E-state index contributed by atoms with van der Waals surface area (Å²) in [4.78, 5) is 23.8. The minimum atomic E-state index is -2.90. The van der Waals surface area contributed by atoms with Crippen LogP contribution in [0.15, 0.2) is 6.07 Å². The van der Waals surface area contributed by atoms with Gasteiger partial charge in [0.1, 0.15) is 0 Å². The molecule has 8 heteroatoms. The van der Waals surface area contributed by atoms with Crippen molar-refractivity contribution in [1.29, 1.82) is 0 Å². The Bertz CT molecular complexity index is 462. The number of aryl methyl sites for hydroxylation is 1. The highest BCUT2D eigenvalue weighted by Gasteiger charge is 2.25. The van der Waals surface area contributed by atoms with Crippen LogP contribution in [0.5, 0.6) is 0 Å². The average Bonchev–Trinajstić information content (AvgIpc) is 2.15. The van der Waals surface area contributed by atoms with Gasteiger partial charge in [0.25, 0.3) is 12.3 Å². The second-order valence-corrected chi connectivity index (χ2v) is 2.95. The van der Waals surface area contributed by atoms with Crippen molar-refractivity contribution in [2.45, 2.75) is 13.3 Å². The van der Waals surface area contributed by atoms with Crippen LogP contribution in [0.3, 0.4) is 0 Å². The lowest BCUT2D eigenvalue weighted by Crippen LogP contribution is -2.17. The summed E-state index contributed by atoms with van der Waals surface area (Å²) >= 11 is 0. The van der Waals surface area contributed by atoms with Gasteiger partial charge in [0, 0.05) is 17.3 Å². The van der Waals surface area contributed by atoms with Crippen molar-refractivity contribution in [2.75, 3.05) is 0 Å². The fraction of sp³-hybridized carbons (Fsp3) is 0.250. The lowest BCUT2D eigenvalue weighted by Gasteiger charge is -2.05. The Labute approximate surface area is 88.2 Å². The van der Waals surface area contributed by atoms with E-state index in [1.165, 1.54) is 6.92 Å². The number of aromatic nitrogens is 1. The first-order valence-electron chi connectivity index (χ1n) is 4.08. The predicted molar refractivity (Wildman–Crippen MR) is 49.1 cm³/mol. The van der Waals surface area contributed by atoms with Crippen molar-refractivity contribution in [3.63, 3.8) is 0 Å². The van der Waals surface area contributed by atoms with Gasteiger partial charge >= 0.3 is 5.69 Å². The molecule has 0 saturated carbocycles. The smallest absolute Gasteiger partial charge is 0.301 e. The molecular weight excluding hydrogens is 224 g/mol. The molecule has 0 bridgehead atoms. The number of nitrogens with zero attached hydrogens (tertiary/aromatic N) is 2. The first-order valence-corrected chi connectivity index (χ1v) is 4.08. The molecule has 1 heterocycles. The van der Waals surface area contributed by atoms with Crippen LogP contribution >= 0.6 is 0 Å². The molecule has 2 N–H and O–H groups in total. The van der Waals surface area contributed by atoms with Crippen LogP contribution in [0.25, 0.3) is 0 Å². The maximum atomic E-state index is 12.4. The SMILES string of the molecule is Cc1nc(C(N)=O)c([N+](=O)[O-])cc1C(F)F. The molecular formula is C8H7F2N3O3. The van der Waals surface area contributed by atoms with Crippen LogP contribution in [-0.4, -0.2) is 15.8 Å². The highest BCUT2D eigenvalue weighted by molar-refractivity contribution is 5.94. The summed E-state index contributed by atoms with van der Waals surface area (Å²) in [5, 5.41) is 10.5. The molecule has 1 amide bonds. The predicted octanol–water partition coefficient (Wildman–Crippen LogP) is 1.33. The molecule has 0 saturated heterocycles. The molecule has 1 rings (SSSR count). The summed E-state index contributed by atoms with van der Waals surface area (Å²) in [5.41, 5.74) is 2.68. The van der Waals surface area contributed by atoms with Crippen molar-refractivity contribution < 1.29 is 18.5 Å². The third-order valence-electron chi connectivity index (χ3n) is 1.90. The molecule has 0 fully saturated rings. The molecule has 0 spiro atoms. The Morgan fingerprint density at radius 3 is 2.56 bits per heavy atom. The lowest BCUT2D eigenvalue weighted by atomic mass is 10.1. The van der Waals surface area contributed by atoms with E-state index in [-0.39, 0.29) is 5.69 Å². The molecule has 6 nitrogen and oxygen atoms in total. The van der Waals surface area contributed by atoms with Gasteiger partial charge < -0.3 is 5.73 Å². The molecule has 0 aliphatic rings. The highest BCUT2D eigenvalue weighted by atomic mass is 19.3. The Morgan fingerprint density at radius 2 is 2.19 bits per heavy atom. The Balaban J connectivity index is 3.49. The zero-order chi connectivity index (χ0) is 12.5. The van der Waals surface area contributed by atoms with Crippen molar-refractivity contribution in [1.82, 2.24) is 4.98 Å². The Kier molecular flexibility index (Phi) is 3.11. The summed E-state index contributed by atoms with van der Waals surface area (Å²) in [6.07, 6.45) is -2.90. The van der Waals surface area contributed by atoms with Crippen LogP contribution in [0.1, 0.15) is 28.2 Å².